The molecule has 0 N–H and O–H groups in total. The van der Waals surface area contributed by atoms with Crippen LogP contribution in [0, 0.1) is 0 Å². The third-order valence-electron chi connectivity index (χ3n) is 6.72. The number of allylic oxidation sites excluding steroid dienone is 2. The summed E-state index contributed by atoms with van der Waals surface area (Å²) in [4.78, 5) is 0. The van der Waals surface area contributed by atoms with Gasteiger partial charge in [0.15, 0.2) is 22.1 Å². The van der Waals surface area contributed by atoms with Gasteiger partial charge in [0.2, 0.25) is 12.7 Å². The van der Waals surface area contributed by atoms with Crippen molar-refractivity contribution < 1.29 is 9.13 Å². The standard InChI is InChI=1S/C32H30N4/c1-3-13-27(14-4-1)23-35-25-33(29-17-7-9-19-31(29)35)21-11-12-22-34-26-36(24-28-15-5-2-6-16-28)32-20-10-8-18-30(32)34/h1-20,25-26H,21-24H2/q+2/b12-11+. The Morgan fingerprint density at radius 2 is 0.861 bits per heavy atom. The molecule has 0 fully saturated rings. The molecule has 4 aromatic carbocycles. The van der Waals surface area contributed by atoms with Gasteiger partial charge < -0.3 is 0 Å². The fourth-order valence-electron chi connectivity index (χ4n) is 4.96. The number of imidazole rings is 2. The summed E-state index contributed by atoms with van der Waals surface area (Å²) in [5.74, 6) is 0. The van der Waals surface area contributed by atoms with Crippen LogP contribution in [-0.2, 0) is 26.2 Å². The summed E-state index contributed by atoms with van der Waals surface area (Å²) in [7, 11) is 0. The Bertz CT molecular complexity index is 1500. The van der Waals surface area contributed by atoms with Crippen LogP contribution in [-0.4, -0.2) is 9.13 Å². The third kappa shape index (κ3) is 4.58. The Kier molecular flexibility index (Phi) is 6.15. The minimum atomic E-state index is 0.839. The van der Waals surface area contributed by atoms with Crippen molar-refractivity contribution in [2.24, 2.45) is 0 Å². The Balaban J connectivity index is 1.21. The van der Waals surface area contributed by atoms with Crippen LogP contribution in [0.25, 0.3) is 22.1 Å². The van der Waals surface area contributed by atoms with E-state index >= 15 is 0 Å². The van der Waals surface area contributed by atoms with E-state index in [1.54, 1.807) is 0 Å². The second kappa shape index (κ2) is 10.0. The molecule has 0 amide bonds. The lowest BCUT2D eigenvalue weighted by Gasteiger charge is -1.97. The highest BCUT2D eigenvalue weighted by atomic mass is 15.1. The second-order valence-corrected chi connectivity index (χ2v) is 9.21. The summed E-state index contributed by atoms with van der Waals surface area (Å²) in [5, 5.41) is 0. The molecule has 0 saturated carbocycles. The molecule has 4 nitrogen and oxygen atoms in total. The molecule has 0 aliphatic heterocycles. The maximum absolute atomic E-state index is 2.34. The highest BCUT2D eigenvalue weighted by Gasteiger charge is 2.16. The highest BCUT2D eigenvalue weighted by Crippen LogP contribution is 2.14. The number of rotatable bonds is 8. The van der Waals surface area contributed by atoms with Gasteiger partial charge >= 0.3 is 0 Å². The van der Waals surface area contributed by atoms with Crippen LogP contribution >= 0.6 is 0 Å². The van der Waals surface area contributed by atoms with Crippen LogP contribution in [0.1, 0.15) is 11.1 Å². The normalized spacial score (nSPS) is 11.7. The molecule has 2 heterocycles. The Hall–Kier alpha value is -4.44. The first-order valence-electron chi connectivity index (χ1n) is 12.5. The van der Waals surface area contributed by atoms with Crippen LogP contribution in [0.3, 0.4) is 0 Å². The first kappa shape index (κ1) is 22.1. The van der Waals surface area contributed by atoms with Gasteiger partial charge in [0.25, 0.3) is 0 Å². The zero-order valence-corrected chi connectivity index (χ0v) is 20.3. The van der Waals surface area contributed by atoms with Crippen LogP contribution in [0.4, 0.5) is 0 Å². The van der Waals surface area contributed by atoms with Gasteiger partial charge in [-0.25, -0.2) is 18.3 Å². The van der Waals surface area contributed by atoms with E-state index in [4.69, 9.17) is 0 Å². The van der Waals surface area contributed by atoms with Gasteiger partial charge in [-0.2, -0.15) is 0 Å². The lowest BCUT2D eigenvalue weighted by molar-refractivity contribution is -0.663. The maximum Gasteiger partial charge on any atom is 0.245 e. The minimum absolute atomic E-state index is 0.839. The highest BCUT2D eigenvalue weighted by molar-refractivity contribution is 5.72. The van der Waals surface area contributed by atoms with E-state index in [1.165, 1.54) is 33.2 Å². The molecule has 0 radical (unpaired) electrons. The summed E-state index contributed by atoms with van der Waals surface area (Å²) in [6.45, 7) is 3.42. The molecule has 36 heavy (non-hydrogen) atoms. The van der Waals surface area contributed by atoms with Crippen LogP contribution in [0.15, 0.2) is 134 Å². The number of hydrogen-bond acceptors (Lipinski definition) is 0. The lowest BCUT2D eigenvalue weighted by atomic mass is 10.2. The van der Waals surface area contributed by atoms with Crippen LogP contribution in [0.5, 0.6) is 0 Å². The molecule has 6 aromatic rings. The number of fused-ring (bicyclic) bond motifs is 2. The van der Waals surface area contributed by atoms with Gasteiger partial charge in [0.05, 0.1) is 0 Å². The summed E-state index contributed by atoms with van der Waals surface area (Å²) in [6.07, 6.45) is 9.02. The number of para-hydroxylation sites is 4. The monoisotopic (exact) mass is 470 g/mol. The Morgan fingerprint density at radius 1 is 0.472 bits per heavy atom. The van der Waals surface area contributed by atoms with E-state index in [0.29, 0.717) is 0 Å². The lowest BCUT2D eigenvalue weighted by Crippen LogP contribution is -2.32. The minimum Gasteiger partial charge on any atom is -0.226 e. The van der Waals surface area contributed by atoms with E-state index in [-0.39, 0.29) is 0 Å². The summed E-state index contributed by atoms with van der Waals surface area (Å²) in [6, 6.07) is 38.6. The van der Waals surface area contributed by atoms with E-state index in [9.17, 15) is 0 Å². The third-order valence-corrected chi connectivity index (χ3v) is 6.72. The average molecular weight is 471 g/mol. The average Bonchev–Trinajstić information content (AvgIpc) is 3.46. The number of benzene rings is 4. The van der Waals surface area contributed by atoms with Crippen molar-refractivity contribution in [3.05, 3.63) is 145 Å². The van der Waals surface area contributed by atoms with Crippen LogP contribution < -0.4 is 9.13 Å². The van der Waals surface area contributed by atoms with Crippen molar-refractivity contribution >= 4 is 22.1 Å². The van der Waals surface area contributed by atoms with Crippen molar-refractivity contribution in [2.45, 2.75) is 26.2 Å². The maximum atomic E-state index is 2.34. The van der Waals surface area contributed by atoms with E-state index in [0.717, 1.165) is 26.2 Å². The van der Waals surface area contributed by atoms with Crippen molar-refractivity contribution in [1.29, 1.82) is 0 Å². The van der Waals surface area contributed by atoms with Gasteiger partial charge in [-0.15, -0.1) is 0 Å². The topological polar surface area (TPSA) is 17.6 Å². The molecule has 0 bridgehead atoms. The Morgan fingerprint density at radius 3 is 1.31 bits per heavy atom. The zero-order chi connectivity index (χ0) is 24.2. The SMILES string of the molecule is C(=C\Cn1c[n+](Cc2ccccc2)c2ccccc21)/Cn1c[n+](Cc2ccccc2)c2ccccc21. The predicted molar refractivity (Wildman–Crippen MR) is 144 cm³/mol. The van der Waals surface area contributed by atoms with Gasteiger partial charge in [-0.1, -0.05) is 84.9 Å². The van der Waals surface area contributed by atoms with Gasteiger partial charge in [-0.05, 0) is 47.5 Å². The smallest absolute Gasteiger partial charge is 0.226 e. The number of hydrogen-bond donors (Lipinski definition) is 0. The molecule has 6 rings (SSSR count). The second-order valence-electron chi connectivity index (χ2n) is 9.21. The van der Waals surface area contributed by atoms with Crippen molar-refractivity contribution in [2.75, 3.05) is 0 Å². The Labute approximate surface area is 211 Å². The first-order valence-corrected chi connectivity index (χ1v) is 12.5. The fraction of sp³-hybridized carbons (Fsp3) is 0.125. The summed E-state index contributed by atoms with van der Waals surface area (Å²) < 4.78 is 9.34. The van der Waals surface area contributed by atoms with E-state index < -0.39 is 0 Å². The predicted octanol–water partition coefficient (Wildman–Crippen LogP) is 5.52. The molecule has 2 aromatic heterocycles. The van der Waals surface area contributed by atoms with E-state index in [1.807, 2.05) is 0 Å². The quantitative estimate of drug-likeness (QED) is 0.206. The van der Waals surface area contributed by atoms with Gasteiger partial charge in [0, 0.05) is 0 Å². The fourth-order valence-corrected chi connectivity index (χ4v) is 4.96. The molecule has 0 spiro atoms. The van der Waals surface area contributed by atoms with Crippen molar-refractivity contribution in [3.63, 3.8) is 0 Å². The van der Waals surface area contributed by atoms with Gasteiger partial charge in [-0.3, -0.25) is 0 Å². The molecule has 4 heteroatoms. The molecule has 0 aliphatic rings. The molecule has 0 saturated heterocycles. The number of nitrogens with zero attached hydrogens (tertiary/aromatic N) is 4. The molecular formula is C32H30N4+2. The molecular weight excluding hydrogens is 440 g/mol. The molecule has 0 aliphatic carbocycles. The van der Waals surface area contributed by atoms with Crippen molar-refractivity contribution in [3.8, 4) is 0 Å². The summed E-state index contributed by atoms with van der Waals surface area (Å²) >= 11 is 0. The van der Waals surface area contributed by atoms with Gasteiger partial charge in [0.1, 0.15) is 26.2 Å². The molecule has 0 atom stereocenters. The number of aromatic nitrogens is 4. The molecule has 176 valence electrons. The zero-order valence-electron chi connectivity index (χ0n) is 20.3. The van der Waals surface area contributed by atoms with Crippen LogP contribution in [0.2, 0.25) is 0 Å². The largest absolute Gasteiger partial charge is 0.245 e. The first-order chi connectivity index (χ1) is 17.8. The van der Waals surface area contributed by atoms with E-state index in [2.05, 4.69) is 152 Å². The molecule has 0 unspecified atom stereocenters. The van der Waals surface area contributed by atoms with Crippen molar-refractivity contribution in [1.82, 2.24) is 9.13 Å². The summed E-state index contributed by atoms with van der Waals surface area (Å²) in [5.41, 5.74) is 7.64.